The summed E-state index contributed by atoms with van der Waals surface area (Å²) < 4.78 is 38.0. The van der Waals surface area contributed by atoms with Crippen LogP contribution in [0.2, 0.25) is 0 Å². The molecule has 1 amide bonds. The smallest absolute Gasteiger partial charge is 0.243 e. The first-order valence-electron chi connectivity index (χ1n) is 9.65. The van der Waals surface area contributed by atoms with E-state index in [1.807, 2.05) is 0 Å². The van der Waals surface area contributed by atoms with Gasteiger partial charge in [0.2, 0.25) is 15.9 Å². The predicted molar refractivity (Wildman–Crippen MR) is 102 cm³/mol. The molecule has 2 fully saturated rings. The molecule has 1 unspecified atom stereocenters. The molecule has 2 heterocycles. The summed E-state index contributed by atoms with van der Waals surface area (Å²) in [6.45, 7) is 2.72. The highest BCUT2D eigenvalue weighted by Crippen LogP contribution is 2.23. The van der Waals surface area contributed by atoms with Gasteiger partial charge in [0.25, 0.3) is 0 Å². The van der Waals surface area contributed by atoms with Gasteiger partial charge >= 0.3 is 0 Å². The highest BCUT2D eigenvalue weighted by atomic mass is 32.2. The molecule has 150 valence electrons. The number of nitrogens with one attached hydrogen (secondary N) is 1. The van der Waals surface area contributed by atoms with Crippen molar-refractivity contribution in [3.63, 3.8) is 0 Å². The third-order valence-electron chi connectivity index (χ3n) is 4.87. The Morgan fingerprint density at radius 1 is 1.22 bits per heavy atom. The van der Waals surface area contributed by atoms with Gasteiger partial charge in [-0.3, -0.25) is 4.79 Å². The third kappa shape index (κ3) is 5.75. The molecule has 2 aliphatic rings. The minimum atomic E-state index is -3.51. The number of hydrogen-bond acceptors (Lipinski definition) is 5. The Morgan fingerprint density at radius 2 is 2.04 bits per heavy atom. The van der Waals surface area contributed by atoms with Gasteiger partial charge < -0.3 is 14.8 Å². The molecule has 7 nitrogen and oxygen atoms in total. The molecule has 0 aromatic heterocycles. The molecule has 27 heavy (non-hydrogen) atoms. The second-order valence-corrected chi connectivity index (χ2v) is 8.94. The molecule has 0 radical (unpaired) electrons. The summed E-state index contributed by atoms with van der Waals surface area (Å²) in [5.74, 6) is -0.199. The van der Waals surface area contributed by atoms with Crippen LogP contribution in [0.25, 0.3) is 0 Å². The number of hydrogen-bond donors (Lipinski definition) is 1. The SMILES string of the molecule is O=C(CCOCC1CCCO1)Nc1cccc(S(=O)(=O)N2CCCCC2)c1. The van der Waals surface area contributed by atoms with Crippen LogP contribution >= 0.6 is 0 Å². The van der Waals surface area contributed by atoms with E-state index in [4.69, 9.17) is 9.47 Å². The molecule has 0 bridgehead atoms. The summed E-state index contributed by atoms with van der Waals surface area (Å²) in [6, 6.07) is 6.44. The van der Waals surface area contributed by atoms with Crippen molar-refractivity contribution in [3.8, 4) is 0 Å². The highest BCUT2D eigenvalue weighted by molar-refractivity contribution is 7.89. The van der Waals surface area contributed by atoms with E-state index >= 15 is 0 Å². The summed E-state index contributed by atoms with van der Waals surface area (Å²) in [5.41, 5.74) is 0.484. The number of carbonyl (C=O) groups is 1. The van der Waals surface area contributed by atoms with E-state index in [9.17, 15) is 13.2 Å². The first-order valence-corrected chi connectivity index (χ1v) is 11.1. The lowest BCUT2D eigenvalue weighted by molar-refractivity contribution is -0.117. The monoisotopic (exact) mass is 396 g/mol. The van der Waals surface area contributed by atoms with Crippen LogP contribution in [0.3, 0.4) is 0 Å². The average Bonchev–Trinajstić information content (AvgIpc) is 3.20. The Labute approximate surface area is 161 Å². The normalized spacial score (nSPS) is 21.3. The maximum Gasteiger partial charge on any atom is 0.243 e. The van der Waals surface area contributed by atoms with Crippen molar-refractivity contribution in [2.24, 2.45) is 0 Å². The number of ether oxygens (including phenoxy) is 2. The van der Waals surface area contributed by atoms with Crippen molar-refractivity contribution in [1.29, 1.82) is 0 Å². The Hall–Kier alpha value is -1.48. The number of piperidine rings is 1. The van der Waals surface area contributed by atoms with E-state index in [0.717, 1.165) is 38.7 Å². The van der Waals surface area contributed by atoms with Crippen molar-refractivity contribution >= 4 is 21.6 Å². The van der Waals surface area contributed by atoms with E-state index in [-0.39, 0.29) is 23.3 Å². The molecule has 2 saturated heterocycles. The average molecular weight is 397 g/mol. The first-order chi connectivity index (χ1) is 13.1. The fourth-order valence-corrected chi connectivity index (χ4v) is 4.93. The topological polar surface area (TPSA) is 84.9 Å². The van der Waals surface area contributed by atoms with Gasteiger partial charge in [-0.25, -0.2) is 8.42 Å². The van der Waals surface area contributed by atoms with Crippen molar-refractivity contribution < 1.29 is 22.7 Å². The van der Waals surface area contributed by atoms with Crippen LogP contribution in [0.15, 0.2) is 29.2 Å². The van der Waals surface area contributed by atoms with E-state index in [0.29, 0.717) is 32.0 Å². The minimum absolute atomic E-state index is 0.143. The summed E-state index contributed by atoms with van der Waals surface area (Å²) in [4.78, 5) is 12.3. The molecular formula is C19H28N2O5S. The number of rotatable bonds is 8. The molecule has 1 atom stereocenters. The molecular weight excluding hydrogens is 368 g/mol. The van der Waals surface area contributed by atoms with Gasteiger partial charge in [0.15, 0.2) is 0 Å². The van der Waals surface area contributed by atoms with Gasteiger partial charge in [-0.1, -0.05) is 12.5 Å². The van der Waals surface area contributed by atoms with Gasteiger partial charge in [-0.15, -0.1) is 0 Å². The van der Waals surface area contributed by atoms with Crippen LogP contribution in [-0.2, 0) is 24.3 Å². The molecule has 0 spiro atoms. The zero-order chi connectivity index (χ0) is 19.1. The molecule has 0 aliphatic carbocycles. The minimum Gasteiger partial charge on any atom is -0.378 e. The number of anilines is 1. The Balaban J connectivity index is 1.49. The fraction of sp³-hybridized carbons (Fsp3) is 0.632. The fourth-order valence-electron chi connectivity index (χ4n) is 3.37. The van der Waals surface area contributed by atoms with Gasteiger partial charge in [0.05, 0.1) is 30.6 Å². The van der Waals surface area contributed by atoms with Crippen molar-refractivity contribution in [2.75, 3.05) is 38.2 Å². The van der Waals surface area contributed by atoms with Crippen LogP contribution in [0.1, 0.15) is 38.5 Å². The zero-order valence-corrected chi connectivity index (χ0v) is 16.4. The maximum absolute atomic E-state index is 12.7. The number of carbonyl (C=O) groups excluding carboxylic acids is 1. The lowest BCUT2D eigenvalue weighted by Crippen LogP contribution is -2.35. The Kier molecular flexibility index (Phi) is 7.23. The predicted octanol–water partition coefficient (Wildman–Crippen LogP) is 2.39. The summed E-state index contributed by atoms with van der Waals surface area (Å²) in [5, 5.41) is 2.75. The first kappa shape index (κ1) is 20.3. The number of nitrogens with zero attached hydrogens (tertiary/aromatic N) is 1. The molecule has 8 heteroatoms. The molecule has 1 aromatic carbocycles. The zero-order valence-electron chi connectivity index (χ0n) is 15.6. The standard InChI is InChI=1S/C19H28N2O5S/c22-19(9-13-25-15-17-7-5-12-26-17)20-16-6-4-8-18(14-16)27(23,24)21-10-2-1-3-11-21/h4,6,8,14,17H,1-3,5,7,9-13,15H2,(H,20,22). The molecule has 1 aromatic rings. The molecule has 2 aliphatic heterocycles. The Morgan fingerprint density at radius 3 is 2.78 bits per heavy atom. The van der Waals surface area contributed by atoms with Crippen LogP contribution < -0.4 is 5.32 Å². The van der Waals surface area contributed by atoms with Crippen molar-refractivity contribution in [1.82, 2.24) is 4.31 Å². The van der Waals surface area contributed by atoms with Crippen molar-refractivity contribution in [2.45, 2.75) is 49.5 Å². The lowest BCUT2D eigenvalue weighted by Gasteiger charge is -2.26. The van der Waals surface area contributed by atoms with Crippen LogP contribution in [0, 0.1) is 0 Å². The van der Waals surface area contributed by atoms with Gasteiger partial charge in [0.1, 0.15) is 0 Å². The second-order valence-electron chi connectivity index (χ2n) is 7.00. The quantitative estimate of drug-likeness (QED) is 0.682. The number of benzene rings is 1. The van der Waals surface area contributed by atoms with Gasteiger partial charge in [-0.2, -0.15) is 4.31 Å². The molecule has 3 rings (SSSR count). The van der Waals surface area contributed by atoms with E-state index < -0.39 is 10.0 Å². The van der Waals surface area contributed by atoms with Crippen LogP contribution in [0.5, 0.6) is 0 Å². The van der Waals surface area contributed by atoms with Crippen molar-refractivity contribution in [3.05, 3.63) is 24.3 Å². The Bertz CT molecular complexity index is 725. The van der Waals surface area contributed by atoms with E-state index in [1.165, 1.54) is 10.4 Å². The van der Waals surface area contributed by atoms with Gasteiger partial charge in [0, 0.05) is 25.4 Å². The van der Waals surface area contributed by atoms with Crippen LogP contribution in [0.4, 0.5) is 5.69 Å². The van der Waals surface area contributed by atoms with Crippen LogP contribution in [-0.4, -0.2) is 57.6 Å². The number of sulfonamides is 1. The maximum atomic E-state index is 12.7. The summed E-state index contributed by atoms with van der Waals surface area (Å²) >= 11 is 0. The number of amides is 1. The summed E-state index contributed by atoms with van der Waals surface area (Å²) in [6.07, 6.45) is 5.27. The second kappa shape index (κ2) is 9.64. The summed E-state index contributed by atoms with van der Waals surface area (Å²) in [7, 11) is -3.51. The highest BCUT2D eigenvalue weighted by Gasteiger charge is 2.26. The van der Waals surface area contributed by atoms with Gasteiger partial charge in [-0.05, 0) is 43.9 Å². The lowest BCUT2D eigenvalue weighted by atomic mass is 10.2. The van der Waals surface area contributed by atoms with E-state index in [2.05, 4.69) is 5.32 Å². The molecule has 1 N–H and O–H groups in total. The van der Waals surface area contributed by atoms with E-state index in [1.54, 1.807) is 18.2 Å². The third-order valence-corrected chi connectivity index (χ3v) is 6.77. The largest absolute Gasteiger partial charge is 0.378 e. The molecule has 0 saturated carbocycles.